The lowest BCUT2D eigenvalue weighted by atomic mass is 9.93. The zero-order chi connectivity index (χ0) is 10.0. The molecule has 0 atom stereocenters. The molecule has 13 heavy (non-hydrogen) atoms. The molecule has 0 fully saturated rings. The summed E-state index contributed by atoms with van der Waals surface area (Å²) in [6.45, 7) is 11.0. The summed E-state index contributed by atoms with van der Waals surface area (Å²) >= 11 is 0. The fourth-order valence-corrected chi connectivity index (χ4v) is 1.63. The second kappa shape index (κ2) is 3.95. The van der Waals surface area contributed by atoms with Gasteiger partial charge in [-0.25, -0.2) is 0 Å². The maximum atomic E-state index is 2.28. The monoisotopic (exact) mass is 175 g/mol. The molecular weight excluding hydrogens is 156 g/mol. The van der Waals surface area contributed by atoms with E-state index in [1.807, 2.05) is 0 Å². The summed E-state index contributed by atoms with van der Waals surface area (Å²) in [4.78, 5) is 0. The van der Waals surface area contributed by atoms with Gasteiger partial charge in [0.1, 0.15) is 0 Å². The minimum absolute atomic E-state index is 0.631. The Kier molecular flexibility index (Phi) is 3.13. The molecule has 0 unspecified atom stereocenters. The molecule has 1 rings (SSSR count). The van der Waals surface area contributed by atoms with Crippen molar-refractivity contribution in [1.29, 1.82) is 0 Å². The van der Waals surface area contributed by atoms with E-state index < -0.39 is 0 Å². The summed E-state index contributed by atoms with van der Waals surface area (Å²) in [7, 11) is 0. The van der Waals surface area contributed by atoms with Crippen molar-refractivity contribution < 1.29 is 0 Å². The molecule has 1 aromatic carbocycles. The maximum absolute atomic E-state index is 2.28. The fourth-order valence-electron chi connectivity index (χ4n) is 1.63. The van der Waals surface area contributed by atoms with E-state index in [1.165, 1.54) is 22.6 Å². The van der Waals surface area contributed by atoms with E-state index in [0.717, 1.165) is 0 Å². The third kappa shape index (κ3) is 2.33. The molecular formula is C13H19. The molecule has 0 bridgehead atoms. The first kappa shape index (κ1) is 10.3. The van der Waals surface area contributed by atoms with Crippen LogP contribution in [-0.4, -0.2) is 0 Å². The van der Waals surface area contributed by atoms with Crippen LogP contribution in [0.5, 0.6) is 0 Å². The number of rotatable bonds is 2. The molecule has 0 aliphatic heterocycles. The average Bonchev–Trinajstić information content (AvgIpc) is 2.03. The first-order chi connectivity index (χ1) is 6.02. The van der Waals surface area contributed by atoms with Crippen molar-refractivity contribution in [3.8, 4) is 0 Å². The summed E-state index contributed by atoms with van der Waals surface area (Å²) in [6, 6.07) is 6.75. The fraction of sp³-hybridized carbons (Fsp3) is 0.462. The van der Waals surface area contributed by atoms with Crippen LogP contribution in [-0.2, 0) is 0 Å². The Morgan fingerprint density at radius 2 is 1.77 bits per heavy atom. The van der Waals surface area contributed by atoms with Crippen molar-refractivity contribution in [3.63, 3.8) is 0 Å². The summed E-state index contributed by atoms with van der Waals surface area (Å²) in [5.74, 6) is 2.02. The molecule has 0 saturated heterocycles. The van der Waals surface area contributed by atoms with Crippen molar-refractivity contribution in [1.82, 2.24) is 0 Å². The number of aryl methyl sites for hydroxylation is 1. The van der Waals surface area contributed by atoms with E-state index in [0.29, 0.717) is 5.92 Å². The molecule has 0 aliphatic rings. The third-order valence-corrected chi connectivity index (χ3v) is 2.47. The topological polar surface area (TPSA) is 0 Å². The van der Waals surface area contributed by atoms with Gasteiger partial charge in [-0.1, -0.05) is 45.9 Å². The van der Waals surface area contributed by atoms with Crippen LogP contribution in [0, 0.1) is 12.8 Å². The Bertz CT molecular complexity index is 282. The van der Waals surface area contributed by atoms with Crippen molar-refractivity contribution in [3.05, 3.63) is 40.8 Å². The summed E-state index contributed by atoms with van der Waals surface area (Å²) in [6.07, 6.45) is 0. The number of hydrogen-bond acceptors (Lipinski definition) is 0. The lowest BCUT2D eigenvalue weighted by molar-refractivity contribution is 0.855. The predicted octanol–water partition coefficient (Wildman–Crippen LogP) is 4.08. The van der Waals surface area contributed by atoms with Gasteiger partial charge >= 0.3 is 0 Å². The minimum Gasteiger partial charge on any atom is -0.0587 e. The molecule has 0 aliphatic carbocycles. The van der Waals surface area contributed by atoms with Crippen LogP contribution < -0.4 is 0 Å². The first-order valence-corrected chi connectivity index (χ1v) is 4.93. The summed E-state index contributed by atoms with van der Waals surface area (Å²) < 4.78 is 0. The second-order valence-corrected chi connectivity index (χ2v) is 4.23. The van der Waals surface area contributed by atoms with E-state index in [1.54, 1.807) is 0 Å². The van der Waals surface area contributed by atoms with Gasteiger partial charge in [-0.15, -0.1) is 0 Å². The van der Waals surface area contributed by atoms with Crippen LogP contribution in [0.1, 0.15) is 50.3 Å². The van der Waals surface area contributed by atoms with Gasteiger partial charge in [-0.3, -0.25) is 0 Å². The molecule has 0 N–H and O–H groups in total. The minimum atomic E-state index is 0.631. The van der Waals surface area contributed by atoms with Crippen molar-refractivity contribution in [2.24, 2.45) is 0 Å². The maximum Gasteiger partial charge on any atom is -0.00119 e. The standard InChI is InChI=1S/C13H19/c1-9(2)12-6-7-13(10(3)4)11(5)8-12/h6-8,10H,1-5H3. The summed E-state index contributed by atoms with van der Waals surface area (Å²) in [5.41, 5.74) is 4.24. The highest BCUT2D eigenvalue weighted by molar-refractivity contribution is 5.38. The molecule has 0 heterocycles. The number of hydrogen-bond donors (Lipinski definition) is 0. The quantitative estimate of drug-likeness (QED) is 0.635. The van der Waals surface area contributed by atoms with E-state index in [2.05, 4.69) is 52.8 Å². The van der Waals surface area contributed by atoms with Gasteiger partial charge in [-0.05, 0) is 35.4 Å². The van der Waals surface area contributed by atoms with E-state index in [-0.39, 0.29) is 0 Å². The Balaban J connectivity index is 3.06. The van der Waals surface area contributed by atoms with Gasteiger partial charge in [0.2, 0.25) is 0 Å². The molecule has 0 heteroatoms. The van der Waals surface area contributed by atoms with Crippen LogP contribution in [0.25, 0.3) is 0 Å². The van der Waals surface area contributed by atoms with Gasteiger partial charge in [0, 0.05) is 0 Å². The Morgan fingerprint density at radius 1 is 1.15 bits per heavy atom. The molecule has 71 valence electrons. The Morgan fingerprint density at radius 3 is 2.15 bits per heavy atom. The second-order valence-electron chi connectivity index (χ2n) is 4.23. The first-order valence-electron chi connectivity index (χ1n) is 4.93. The molecule has 0 aromatic heterocycles. The molecule has 0 spiro atoms. The van der Waals surface area contributed by atoms with Crippen LogP contribution in [0.15, 0.2) is 18.2 Å². The third-order valence-electron chi connectivity index (χ3n) is 2.47. The van der Waals surface area contributed by atoms with Crippen molar-refractivity contribution in [2.75, 3.05) is 0 Å². The van der Waals surface area contributed by atoms with Crippen LogP contribution >= 0.6 is 0 Å². The van der Waals surface area contributed by atoms with Crippen LogP contribution in [0.4, 0.5) is 0 Å². The highest BCUT2D eigenvalue weighted by atomic mass is 14.1. The van der Waals surface area contributed by atoms with Gasteiger partial charge in [0.25, 0.3) is 0 Å². The molecule has 0 saturated carbocycles. The molecule has 1 aromatic rings. The van der Waals surface area contributed by atoms with E-state index >= 15 is 0 Å². The lowest BCUT2D eigenvalue weighted by Crippen LogP contribution is -1.95. The van der Waals surface area contributed by atoms with Gasteiger partial charge in [-0.2, -0.15) is 0 Å². The SMILES string of the molecule is C[C](C)c1ccc(C(C)C)c(C)c1. The highest BCUT2D eigenvalue weighted by Crippen LogP contribution is 2.22. The highest BCUT2D eigenvalue weighted by Gasteiger charge is 2.05. The zero-order valence-electron chi connectivity index (χ0n) is 9.31. The molecule has 0 amide bonds. The van der Waals surface area contributed by atoms with Crippen molar-refractivity contribution >= 4 is 0 Å². The van der Waals surface area contributed by atoms with Crippen LogP contribution in [0.3, 0.4) is 0 Å². The van der Waals surface area contributed by atoms with Gasteiger partial charge in [0.05, 0.1) is 0 Å². The zero-order valence-corrected chi connectivity index (χ0v) is 9.31. The van der Waals surface area contributed by atoms with E-state index in [4.69, 9.17) is 0 Å². The number of benzene rings is 1. The normalized spacial score (nSPS) is 11.3. The predicted molar refractivity (Wildman–Crippen MR) is 59.0 cm³/mol. The summed E-state index contributed by atoms with van der Waals surface area (Å²) in [5, 5.41) is 0. The van der Waals surface area contributed by atoms with E-state index in [9.17, 15) is 0 Å². The average molecular weight is 175 g/mol. The molecule has 0 nitrogen and oxygen atoms in total. The van der Waals surface area contributed by atoms with Gasteiger partial charge in [0.15, 0.2) is 0 Å². The largest absolute Gasteiger partial charge is 0.0587 e. The van der Waals surface area contributed by atoms with Crippen LogP contribution in [0.2, 0.25) is 0 Å². The van der Waals surface area contributed by atoms with Crippen molar-refractivity contribution in [2.45, 2.75) is 40.5 Å². The Hall–Kier alpha value is -0.780. The smallest absolute Gasteiger partial charge is 0.00119 e. The van der Waals surface area contributed by atoms with Gasteiger partial charge < -0.3 is 0 Å². The Labute approximate surface area is 82.0 Å². The lowest BCUT2D eigenvalue weighted by Gasteiger charge is -2.12. The molecule has 1 radical (unpaired) electrons.